The molecular formula is C10H13F2NO2. The molecule has 0 aromatic heterocycles. The van der Waals surface area contributed by atoms with Crippen LogP contribution in [0.15, 0.2) is 12.1 Å². The van der Waals surface area contributed by atoms with E-state index in [0.29, 0.717) is 12.6 Å². The summed E-state index contributed by atoms with van der Waals surface area (Å²) >= 11 is 0. The van der Waals surface area contributed by atoms with Gasteiger partial charge in [0.15, 0.2) is 11.6 Å². The second kappa shape index (κ2) is 5.04. The minimum absolute atomic E-state index is 0.0805. The van der Waals surface area contributed by atoms with Crippen LogP contribution in [0.3, 0.4) is 0 Å². The van der Waals surface area contributed by atoms with Crippen LogP contribution in [0.25, 0.3) is 0 Å². The van der Waals surface area contributed by atoms with Crippen molar-refractivity contribution < 1.29 is 19.0 Å². The van der Waals surface area contributed by atoms with Crippen molar-refractivity contribution >= 4 is 0 Å². The van der Waals surface area contributed by atoms with Gasteiger partial charge in [-0.1, -0.05) is 0 Å². The van der Waals surface area contributed by atoms with Crippen LogP contribution in [-0.2, 0) is 0 Å². The molecule has 15 heavy (non-hydrogen) atoms. The van der Waals surface area contributed by atoms with Gasteiger partial charge in [-0.3, -0.25) is 0 Å². The summed E-state index contributed by atoms with van der Waals surface area (Å²) in [6.07, 6.45) is 0. The van der Waals surface area contributed by atoms with Gasteiger partial charge in [-0.25, -0.2) is 8.78 Å². The van der Waals surface area contributed by atoms with Gasteiger partial charge < -0.3 is 15.5 Å². The van der Waals surface area contributed by atoms with Crippen molar-refractivity contribution in [2.75, 3.05) is 13.2 Å². The molecule has 0 bridgehead atoms. The summed E-state index contributed by atoms with van der Waals surface area (Å²) in [5, 5.41) is 20.7. The molecule has 1 unspecified atom stereocenters. The fourth-order valence-corrected chi connectivity index (χ4v) is 1.31. The van der Waals surface area contributed by atoms with Crippen LogP contribution >= 0.6 is 0 Å². The first kappa shape index (κ1) is 11.9. The highest BCUT2D eigenvalue weighted by molar-refractivity contribution is 5.36. The number of nitrogens with one attached hydrogen (secondary N) is 1. The van der Waals surface area contributed by atoms with Gasteiger partial charge in [-0.05, 0) is 13.0 Å². The Morgan fingerprint density at radius 3 is 2.67 bits per heavy atom. The van der Waals surface area contributed by atoms with Gasteiger partial charge in [0, 0.05) is 24.2 Å². The van der Waals surface area contributed by atoms with E-state index < -0.39 is 23.4 Å². The summed E-state index contributed by atoms with van der Waals surface area (Å²) in [5.74, 6) is -2.28. The lowest BCUT2D eigenvalue weighted by Crippen LogP contribution is -2.22. The van der Waals surface area contributed by atoms with Crippen molar-refractivity contribution in [1.82, 2.24) is 5.32 Å². The molecule has 5 heteroatoms. The minimum Gasteiger partial charge on any atom is -0.505 e. The normalized spacial score (nSPS) is 12.8. The van der Waals surface area contributed by atoms with Crippen molar-refractivity contribution in [3.05, 3.63) is 29.3 Å². The molecule has 0 aliphatic heterocycles. The Morgan fingerprint density at radius 1 is 1.40 bits per heavy atom. The average Bonchev–Trinajstić information content (AvgIpc) is 2.19. The molecule has 1 atom stereocenters. The number of phenolic OH excluding ortho intramolecular Hbond substituents is 1. The van der Waals surface area contributed by atoms with E-state index in [1.165, 1.54) is 0 Å². The first-order valence-electron chi connectivity index (χ1n) is 4.58. The first-order valence-corrected chi connectivity index (χ1v) is 4.58. The van der Waals surface area contributed by atoms with Gasteiger partial charge in [0.2, 0.25) is 0 Å². The largest absolute Gasteiger partial charge is 0.505 e. The Labute approximate surface area is 86.4 Å². The zero-order valence-corrected chi connectivity index (χ0v) is 8.30. The third-order valence-electron chi connectivity index (χ3n) is 2.09. The molecule has 84 valence electrons. The van der Waals surface area contributed by atoms with Gasteiger partial charge in [0.05, 0.1) is 6.61 Å². The first-order chi connectivity index (χ1) is 7.06. The highest BCUT2D eigenvalue weighted by Gasteiger charge is 2.15. The second-order valence-electron chi connectivity index (χ2n) is 3.22. The van der Waals surface area contributed by atoms with Gasteiger partial charge >= 0.3 is 0 Å². The van der Waals surface area contributed by atoms with Crippen molar-refractivity contribution in [3.63, 3.8) is 0 Å². The molecule has 3 N–H and O–H groups in total. The number of benzene rings is 1. The summed E-state index contributed by atoms with van der Waals surface area (Å²) in [6, 6.07) is 1.26. The highest BCUT2D eigenvalue weighted by Crippen LogP contribution is 2.27. The van der Waals surface area contributed by atoms with Crippen LogP contribution < -0.4 is 5.32 Å². The molecule has 1 rings (SSSR count). The Bertz CT molecular complexity index is 344. The van der Waals surface area contributed by atoms with E-state index in [2.05, 4.69) is 5.32 Å². The molecule has 0 heterocycles. The van der Waals surface area contributed by atoms with Crippen molar-refractivity contribution in [1.29, 1.82) is 0 Å². The number of phenols is 1. The summed E-state index contributed by atoms with van der Waals surface area (Å²) in [7, 11) is 0. The SMILES string of the molecule is CC(NCCO)c1cc(F)cc(F)c1O. The number of halogens is 2. The van der Waals surface area contributed by atoms with Crippen molar-refractivity contribution in [3.8, 4) is 5.75 Å². The third kappa shape index (κ3) is 2.87. The van der Waals surface area contributed by atoms with E-state index in [0.717, 1.165) is 6.07 Å². The zero-order chi connectivity index (χ0) is 11.4. The van der Waals surface area contributed by atoms with E-state index in [1.807, 2.05) is 0 Å². The van der Waals surface area contributed by atoms with Crippen LogP contribution in [0.2, 0.25) is 0 Å². The topological polar surface area (TPSA) is 52.5 Å². The smallest absolute Gasteiger partial charge is 0.168 e. The summed E-state index contributed by atoms with van der Waals surface area (Å²) in [6.45, 7) is 1.85. The number of rotatable bonds is 4. The van der Waals surface area contributed by atoms with Crippen LogP contribution in [0, 0.1) is 11.6 Å². The predicted molar refractivity (Wildman–Crippen MR) is 51.5 cm³/mol. The van der Waals surface area contributed by atoms with Crippen LogP contribution in [0.4, 0.5) is 8.78 Å². The molecular weight excluding hydrogens is 204 g/mol. The lowest BCUT2D eigenvalue weighted by atomic mass is 10.1. The molecule has 0 radical (unpaired) electrons. The molecule has 1 aromatic carbocycles. The minimum atomic E-state index is -0.984. The predicted octanol–water partition coefficient (Wildman–Crippen LogP) is 1.31. The van der Waals surface area contributed by atoms with E-state index in [1.54, 1.807) is 6.92 Å². The molecule has 0 fully saturated rings. The number of aromatic hydroxyl groups is 1. The lowest BCUT2D eigenvalue weighted by Gasteiger charge is -2.15. The van der Waals surface area contributed by atoms with E-state index in [4.69, 9.17) is 5.11 Å². The Kier molecular flexibility index (Phi) is 3.99. The van der Waals surface area contributed by atoms with Gasteiger partial charge in [-0.2, -0.15) is 0 Å². The number of aliphatic hydroxyl groups is 1. The number of hydrogen-bond donors (Lipinski definition) is 3. The summed E-state index contributed by atoms with van der Waals surface area (Å²) in [4.78, 5) is 0. The number of hydrogen-bond acceptors (Lipinski definition) is 3. The molecule has 0 aliphatic rings. The van der Waals surface area contributed by atoms with E-state index in [-0.39, 0.29) is 12.2 Å². The van der Waals surface area contributed by atoms with Crippen LogP contribution in [-0.4, -0.2) is 23.4 Å². The Hall–Kier alpha value is -1.20. The summed E-state index contributed by atoms with van der Waals surface area (Å²) in [5.41, 5.74) is 0.140. The standard InChI is InChI=1S/C10H13F2NO2/c1-6(13-2-3-14)8-4-7(11)5-9(12)10(8)15/h4-6,13-15H,2-3H2,1H3. The fourth-order valence-electron chi connectivity index (χ4n) is 1.31. The van der Waals surface area contributed by atoms with Gasteiger partial charge in [-0.15, -0.1) is 0 Å². The Balaban J connectivity index is 2.92. The number of aliphatic hydroxyl groups excluding tert-OH is 1. The molecule has 1 aromatic rings. The van der Waals surface area contributed by atoms with Crippen molar-refractivity contribution in [2.24, 2.45) is 0 Å². The quantitative estimate of drug-likeness (QED) is 0.712. The lowest BCUT2D eigenvalue weighted by molar-refractivity contribution is 0.285. The zero-order valence-electron chi connectivity index (χ0n) is 8.30. The molecule has 3 nitrogen and oxygen atoms in total. The van der Waals surface area contributed by atoms with E-state index >= 15 is 0 Å². The molecule has 0 saturated heterocycles. The van der Waals surface area contributed by atoms with E-state index in [9.17, 15) is 13.9 Å². The van der Waals surface area contributed by atoms with Gasteiger partial charge in [0.25, 0.3) is 0 Å². The monoisotopic (exact) mass is 217 g/mol. The van der Waals surface area contributed by atoms with Crippen LogP contribution in [0.1, 0.15) is 18.5 Å². The van der Waals surface area contributed by atoms with Crippen molar-refractivity contribution in [2.45, 2.75) is 13.0 Å². The maximum atomic E-state index is 13.0. The highest BCUT2D eigenvalue weighted by atomic mass is 19.1. The third-order valence-corrected chi connectivity index (χ3v) is 2.09. The average molecular weight is 217 g/mol. The molecule has 0 saturated carbocycles. The molecule has 0 amide bonds. The molecule has 0 spiro atoms. The maximum absolute atomic E-state index is 13.0. The summed E-state index contributed by atoms with van der Waals surface area (Å²) < 4.78 is 25.8. The second-order valence-corrected chi connectivity index (χ2v) is 3.22. The van der Waals surface area contributed by atoms with Crippen LogP contribution in [0.5, 0.6) is 5.75 Å². The fraction of sp³-hybridized carbons (Fsp3) is 0.400. The maximum Gasteiger partial charge on any atom is 0.168 e. The molecule has 0 aliphatic carbocycles. The van der Waals surface area contributed by atoms with Gasteiger partial charge in [0.1, 0.15) is 5.82 Å². The Morgan fingerprint density at radius 2 is 2.07 bits per heavy atom.